The molecule has 2 aromatic heterocycles. The number of aromatic amines is 1. The van der Waals surface area contributed by atoms with Crippen LogP contribution in [0.5, 0.6) is 0 Å². The van der Waals surface area contributed by atoms with Gasteiger partial charge in [0.25, 0.3) is 5.91 Å². The first-order chi connectivity index (χ1) is 14.5. The Bertz CT molecular complexity index is 1110. The van der Waals surface area contributed by atoms with Crippen LogP contribution in [0.3, 0.4) is 0 Å². The van der Waals surface area contributed by atoms with E-state index in [1.165, 1.54) is 0 Å². The fourth-order valence-electron chi connectivity index (χ4n) is 4.12. The molecule has 7 nitrogen and oxygen atoms in total. The second-order valence-electron chi connectivity index (χ2n) is 7.57. The van der Waals surface area contributed by atoms with Crippen molar-refractivity contribution in [2.24, 2.45) is 7.05 Å². The number of aromatic nitrogens is 3. The molecule has 1 aromatic carbocycles. The van der Waals surface area contributed by atoms with Gasteiger partial charge in [0.05, 0.1) is 22.9 Å². The number of amides is 1. The van der Waals surface area contributed by atoms with Crippen LogP contribution in [0.2, 0.25) is 0 Å². The monoisotopic (exact) mass is 466 g/mol. The second-order valence-corrected chi connectivity index (χ2v) is 8.43. The number of H-pyrrole nitrogens is 1. The molecule has 2 atom stereocenters. The van der Waals surface area contributed by atoms with Crippen molar-refractivity contribution in [1.29, 1.82) is 0 Å². The van der Waals surface area contributed by atoms with Crippen molar-refractivity contribution in [3.63, 3.8) is 0 Å². The topological polar surface area (TPSA) is 79.1 Å². The van der Waals surface area contributed by atoms with E-state index in [2.05, 4.69) is 41.5 Å². The summed E-state index contributed by atoms with van der Waals surface area (Å²) >= 11 is 3.53. The van der Waals surface area contributed by atoms with E-state index in [9.17, 15) is 4.79 Å². The van der Waals surface area contributed by atoms with E-state index in [-0.39, 0.29) is 17.9 Å². The van der Waals surface area contributed by atoms with Gasteiger partial charge in [0, 0.05) is 36.8 Å². The molecule has 3 aromatic rings. The van der Waals surface area contributed by atoms with Crippen LogP contribution in [-0.4, -0.2) is 39.8 Å². The van der Waals surface area contributed by atoms with Crippen LogP contribution < -0.4 is 10.6 Å². The summed E-state index contributed by atoms with van der Waals surface area (Å²) in [6.07, 6.45) is 2.65. The van der Waals surface area contributed by atoms with E-state index in [4.69, 9.17) is 6.57 Å². The fourth-order valence-corrected chi connectivity index (χ4v) is 4.68. The van der Waals surface area contributed by atoms with Crippen LogP contribution in [0.4, 0.5) is 5.69 Å². The highest BCUT2D eigenvalue weighted by Crippen LogP contribution is 2.31. The maximum absolute atomic E-state index is 13.1. The quantitative estimate of drug-likeness (QED) is 0.509. The van der Waals surface area contributed by atoms with Gasteiger partial charge >= 0.3 is 0 Å². The van der Waals surface area contributed by atoms with Crippen LogP contribution in [0.1, 0.15) is 34.1 Å². The van der Waals surface area contributed by atoms with Gasteiger partial charge in [0.1, 0.15) is 5.69 Å². The third-order valence-electron chi connectivity index (χ3n) is 5.63. The smallest absolute Gasteiger partial charge is 0.268 e. The molecule has 1 aliphatic heterocycles. The molecule has 1 amide bonds. The normalized spacial score (nSPS) is 18.7. The highest BCUT2D eigenvalue weighted by Gasteiger charge is 2.29. The van der Waals surface area contributed by atoms with E-state index >= 15 is 0 Å². The van der Waals surface area contributed by atoms with Gasteiger partial charge in [0.15, 0.2) is 5.69 Å². The highest BCUT2D eigenvalue weighted by atomic mass is 79.9. The summed E-state index contributed by atoms with van der Waals surface area (Å²) in [5, 5.41) is 10.8. The molecule has 154 valence electrons. The molecule has 8 heteroatoms. The minimum atomic E-state index is -0.136. The van der Waals surface area contributed by atoms with Crippen LogP contribution in [0.15, 0.2) is 41.0 Å². The van der Waals surface area contributed by atoms with E-state index in [1.54, 1.807) is 10.9 Å². The van der Waals surface area contributed by atoms with Crippen molar-refractivity contribution in [3.8, 4) is 11.3 Å². The molecule has 1 saturated heterocycles. The first kappa shape index (κ1) is 20.4. The first-order valence-electron chi connectivity index (χ1n) is 9.84. The Morgan fingerprint density at radius 3 is 2.97 bits per heavy atom. The zero-order valence-electron chi connectivity index (χ0n) is 16.9. The van der Waals surface area contributed by atoms with E-state index in [1.807, 2.05) is 44.3 Å². The lowest BCUT2D eigenvalue weighted by molar-refractivity contribution is 0.0920. The Kier molecular flexibility index (Phi) is 5.75. The number of hydrogen-bond acceptors (Lipinski definition) is 3. The minimum absolute atomic E-state index is 0.0530. The average Bonchev–Trinajstić information content (AvgIpc) is 3.29. The van der Waals surface area contributed by atoms with Gasteiger partial charge in [0.2, 0.25) is 0 Å². The van der Waals surface area contributed by atoms with Crippen LogP contribution in [0, 0.1) is 13.5 Å². The summed E-state index contributed by atoms with van der Waals surface area (Å²) in [7, 11) is 1.88. The number of halogens is 1. The molecule has 4 rings (SSSR count). The Balaban J connectivity index is 1.57. The molecule has 0 aliphatic carbocycles. The van der Waals surface area contributed by atoms with Gasteiger partial charge in [-0.25, -0.2) is 4.85 Å². The molecule has 0 spiro atoms. The molecule has 0 bridgehead atoms. The Labute approximate surface area is 183 Å². The fraction of sp³-hybridized carbons (Fsp3) is 0.318. The first-order valence-corrected chi connectivity index (χ1v) is 10.6. The van der Waals surface area contributed by atoms with Crippen molar-refractivity contribution in [3.05, 3.63) is 69.4 Å². The van der Waals surface area contributed by atoms with Gasteiger partial charge in [-0.2, -0.15) is 5.10 Å². The molecule has 0 radical (unpaired) electrons. The van der Waals surface area contributed by atoms with Gasteiger partial charge in [-0.1, -0.05) is 29.8 Å². The van der Waals surface area contributed by atoms with Crippen LogP contribution in [-0.2, 0) is 7.05 Å². The number of rotatable bonds is 4. The summed E-state index contributed by atoms with van der Waals surface area (Å²) in [6.45, 7) is 10.8. The molecular weight excluding hydrogens is 444 g/mol. The Morgan fingerprint density at radius 2 is 2.23 bits per heavy atom. The number of hydrogen-bond donors (Lipinski definition) is 3. The number of carbonyl (C=O) groups excluding carboxylic acids is 1. The van der Waals surface area contributed by atoms with Crippen molar-refractivity contribution < 1.29 is 4.79 Å². The number of piperidine rings is 1. The summed E-state index contributed by atoms with van der Waals surface area (Å²) in [5.74, 6) is 0.0290. The predicted molar refractivity (Wildman–Crippen MR) is 120 cm³/mol. The number of nitrogens with zero attached hydrogens (tertiary/aromatic N) is 3. The standard InChI is InChI=1S/C22H23BrN6O/c1-13-17(21-18(23)11-26-29(21)3)10-19(27-13)22(30)28-20-12-25-8-7-16(20)14-5-4-6-15(9-14)24-2/h4-6,9-11,16,20,25,27H,7-8,12H2,1,3H3,(H,28,30)/t16-,20+/m1/s1. The molecule has 1 fully saturated rings. The van der Waals surface area contributed by atoms with E-state index in [0.717, 1.165) is 40.0 Å². The number of aryl methyl sites for hydroxylation is 2. The summed E-state index contributed by atoms with van der Waals surface area (Å²) in [4.78, 5) is 19.8. The third kappa shape index (κ3) is 3.91. The SMILES string of the molecule is [C-]#[N+]c1cccc([C@H]2CCNC[C@@H]2NC(=O)c2cc(-c3c(Br)cnn3C)c(C)[nH]2)c1. The molecule has 0 unspecified atom stereocenters. The summed E-state index contributed by atoms with van der Waals surface area (Å²) in [6, 6.07) is 9.51. The maximum Gasteiger partial charge on any atom is 0.268 e. The zero-order valence-corrected chi connectivity index (χ0v) is 18.5. The molecular formula is C22H23BrN6O. The predicted octanol–water partition coefficient (Wildman–Crippen LogP) is 3.91. The summed E-state index contributed by atoms with van der Waals surface area (Å²) < 4.78 is 2.67. The number of carbonyl (C=O) groups is 1. The lowest BCUT2D eigenvalue weighted by Gasteiger charge is -2.33. The van der Waals surface area contributed by atoms with Crippen molar-refractivity contribution >= 4 is 27.5 Å². The van der Waals surface area contributed by atoms with Crippen LogP contribution in [0.25, 0.3) is 16.1 Å². The van der Waals surface area contributed by atoms with Gasteiger partial charge in [-0.05, 0) is 41.9 Å². The Hall–Kier alpha value is -2.89. The summed E-state index contributed by atoms with van der Waals surface area (Å²) in [5.41, 5.74) is 5.02. The minimum Gasteiger partial charge on any atom is -0.354 e. The van der Waals surface area contributed by atoms with E-state index in [0.29, 0.717) is 17.9 Å². The van der Waals surface area contributed by atoms with Crippen LogP contribution >= 0.6 is 15.9 Å². The molecule has 3 heterocycles. The molecule has 30 heavy (non-hydrogen) atoms. The van der Waals surface area contributed by atoms with Crippen molar-refractivity contribution in [2.45, 2.75) is 25.3 Å². The number of benzene rings is 1. The largest absolute Gasteiger partial charge is 0.354 e. The lowest BCUT2D eigenvalue weighted by atomic mass is 9.85. The highest BCUT2D eigenvalue weighted by molar-refractivity contribution is 9.10. The van der Waals surface area contributed by atoms with Gasteiger partial charge < -0.3 is 15.6 Å². The van der Waals surface area contributed by atoms with Crippen molar-refractivity contribution in [1.82, 2.24) is 25.4 Å². The molecule has 3 N–H and O–H groups in total. The average molecular weight is 467 g/mol. The Morgan fingerprint density at radius 1 is 1.40 bits per heavy atom. The molecule has 1 aliphatic rings. The van der Waals surface area contributed by atoms with Gasteiger partial charge in [-0.15, -0.1) is 0 Å². The van der Waals surface area contributed by atoms with E-state index < -0.39 is 0 Å². The maximum atomic E-state index is 13.1. The second kappa shape index (κ2) is 8.46. The third-order valence-corrected chi connectivity index (χ3v) is 6.22. The molecule has 0 saturated carbocycles. The zero-order chi connectivity index (χ0) is 21.3. The number of nitrogens with one attached hydrogen (secondary N) is 3. The van der Waals surface area contributed by atoms with Gasteiger partial charge in [-0.3, -0.25) is 9.48 Å². The van der Waals surface area contributed by atoms with Crippen molar-refractivity contribution in [2.75, 3.05) is 13.1 Å². The lowest BCUT2D eigenvalue weighted by Crippen LogP contribution is -2.50.